The number of hydrogen-bond acceptors (Lipinski definition) is 5. The summed E-state index contributed by atoms with van der Waals surface area (Å²) < 4.78 is 5.69. The van der Waals surface area contributed by atoms with Crippen LogP contribution in [0.4, 0.5) is 0 Å². The molecule has 0 saturated carbocycles. The first-order valence-corrected chi connectivity index (χ1v) is 9.03. The fraction of sp³-hybridized carbons (Fsp3) is 0.273. The number of fused-ring (bicyclic) bond motifs is 1. The average molecular weight is 367 g/mol. The molecule has 0 unspecified atom stereocenters. The van der Waals surface area contributed by atoms with Crippen LogP contribution in [0.15, 0.2) is 66.7 Å². The van der Waals surface area contributed by atoms with Crippen molar-refractivity contribution in [3.63, 3.8) is 0 Å². The third kappa shape index (κ3) is 5.20. The molecule has 3 rings (SSSR count). The van der Waals surface area contributed by atoms with E-state index in [1.165, 1.54) is 12.1 Å². The summed E-state index contributed by atoms with van der Waals surface area (Å²) in [7, 11) is 0. The summed E-state index contributed by atoms with van der Waals surface area (Å²) in [6.45, 7) is 2.30. The van der Waals surface area contributed by atoms with E-state index in [1.807, 2.05) is 49.4 Å². The normalized spacial score (nSPS) is 14.6. The van der Waals surface area contributed by atoms with Gasteiger partial charge in [-0.25, -0.2) is 0 Å². The largest absolute Gasteiger partial charge is 0.508 e. The summed E-state index contributed by atoms with van der Waals surface area (Å²) in [4.78, 5) is 0. The summed E-state index contributed by atoms with van der Waals surface area (Å²) in [5.41, 5.74) is 0.703. The van der Waals surface area contributed by atoms with Gasteiger partial charge in [0.1, 0.15) is 24.2 Å². The zero-order chi connectivity index (χ0) is 19.2. The maximum Gasteiger partial charge on any atom is 0.120 e. The van der Waals surface area contributed by atoms with Crippen molar-refractivity contribution < 1.29 is 20.1 Å². The Morgan fingerprint density at radius 3 is 2.37 bits per heavy atom. The predicted molar refractivity (Wildman–Crippen MR) is 106 cm³/mol. The second-order valence-electron chi connectivity index (χ2n) is 6.71. The molecule has 0 saturated heterocycles. The lowest BCUT2D eigenvalue weighted by atomic mass is 10.0. The van der Waals surface area contributed by atoms with Gasteiger partial charge in [0.2, 0.25) is 0 Å². The lowest BCUT2D eigenvalue weighted by Gasteiger charge is -2.22. The Morgan fingerprint density at radius 2 is 1.63 bits per heavy atom. The smallest absolute Gasteiger partial charge is 0.120 e. The molecule has 27 heavy (non-hydrogen) atoms. The zero-order valence-electron chi connectivity index (χ0n) is 15.2. The maximum atomic E-state index is 10.3. The number of aliphatic hydroxyl groups is 2. The predicted octanol–water partition coefficient (Wildman–Crippen LogP) is 3.00. The third-order valence-corrected chi connectivity index (χ3v) is 4.55. The lowest BCUT2D eigenvalue weighted by molar-refractivity contribution is 0.0876. The molecule has 0 aromatic heterocycles. The molecule has 3 atom stereocenters. The number of phenols is 1. The fourth-order valence-electron chi connectivity index (χ4n) is 2.90. The number of phenolic OH excluding ortho intramolecular Hbond substituents is 1. The van der Waals surface area contributed by atoms with Crippen molar-refractivity contribution in [1.82, 2.24) is 5.32 Å². The fourth-order valence-corrected chi connectivity index (χ4v) is 2.90. The van der Waals surface area contributed by atoms with Gasteiger partial charge in [0.25, 0.3) is 0 Å². The van der Waals surface area contributed by atoms with Crippen molar-refractivity contribution in [2.45, 2.75) is 25.2 Å². The van der Waals surface area contributed by atoms with Gasteiger partial charge in [-0.3, -0.25) is 0 Å². The van der Waals surface area contributed by atoms with E-state index in [-0.39, 0.29) is 18.4 Å². The zero-order valence-corrected chi connectivity index (χ0v) is 15.2. The van der Waals surface area contributed by atoms with Crippen LogP contribution in [0, 0.1) is 0 Å². The van der Waals surface area contributed by atoms with E-state index in [9.17, 15) is 15.3 Å². The van der Waals surface area contributed by atoms with Gasteiger partial charge in [-0.1, -0.05) is 42.5 Å². The van der Waals surface area contributed by atoms with Crippen LogP contribution < -0.4 is 10.1 Å². The molecule has 0 fully saturated rings. The standard InChI is InChI=1S/C22H25NO4/c1-15(22(26)17-6-9-19(24)10-7-17)23-13-20(25)14-27-21-11-8-16-4-2-3-5-18(16)12-21/h2-12,15,20,22-26H,13-14H2,1H3/t15-,20-,22+/m0/s1. The number of aliphatic hydroxyl groups excluding tert-OH is 2. The highest BCUT2D eigenvalue weighted by atomic mass is 16.5. The summed E-state index contributed by atoms with van der Waals surface area (Å²) in [5.74, 6) is 0.873. The van der Waals surface area contributed by atoms with E-state index < -0.39 is 12.2 Å². The quantitative estimate of drug-likeness (QED) is 0.492. The summed E-state index contributed by atoms with van der Waals surface area (Å²) in [6, 6.07) is 20.0. The van der Waals surface area contributed by atoms with Gasteiger partial charge in [-0.05, 0) is 47.5 Å². The molecule has 5 heteroatoms. The highest BCUT2D eigenvalue weighted by molar-refractivity contribution is 5.83. The van der Waals surface area contributed by atoms with Crippen LogP contribution in [-0.4, -0.2) is 40.6 Å². The van der Waals surface area contributed by atoms with Gasteiger partial charge < -0.3 is 25.4 Å². The number of ether oxygens (including phenoxy) is 1. The van der Waals surface area contributed by atoms with Crippen molar-refractivity contribution >= 4 is 10.8 Å². The minimum absolute atomic E-state index is 0.160. The minimum Gasteiger partial charge on any atom is -0.508 e. The van der Waals surface area contributed by atoms with Crippen LogP contribution in [0.25, 0.3) is 10.8 Å². The monoisotopic (exact) mass is 367 g/mol. The molecule has 5 nitrogen and oxygen atoms in total. The second-order valence-corrected chi connectivity index (χ2v) is 6.71. The van der Waals surface area contributed by atoms with Gasteiger partial charge in [-0.15, -0.1) is 0 Å². The molecular formula is C22H25NO4. The van der Waals surface area contributed by atoms with Crippen molar-refractivity contribution in [2.24, 2.45) is 0 Å². The molecule has 3 aromatic rings. The molecule has 3 aromatic carbocycles. The topological polar surface area (TPSA) is 82.0 Å². The first-order valence-electron chi connectivity index (χ1n) is 9.03. The van der Waals surface area contributed by atoms with Gasteiger partial charge in [0, 0.05) is 12.6 Å². The highest BCUT2D eigenvalue weighted by Crippen LogP contribution is 2.21. The van der Waals surface area contributed by atoms with Gasteiger partial charge in [-0.2, -0.15) is 0 Å². The molecule has 0 spiro atoms. The summed E-state index contributed by atoms with van der Waals surface area (Å²) >= 11 is 0. The number of benzene rings is 3. The minimum atomic E-state index is -0.737. The van der Waals surface area contributed by atoms with Crippen LogP contribution >= 0.6 is 0 Å². The first kappa shape index (κ1) is 19.2. The molecule has 4 N–H and O–H groups in total. The molecule has 0 amide bonds. The number of hydrogen-bond donors (Lipinski definition) is 4. The Morgan fingerprint density at radius 1 is 0.926 bits per heavy atom. The van der Waals surface area contributed by atoms with Crippen molar-refractivity contribution in [2.75, 3.05) is 13.2 Å². The van der Waals surface area contributed by atoms with Crippen molar-refractivity contribution in [1.29, 1.82) is 0 Å². The first-order chi connectivity index (χ1) is 13.0. The van der Waals surface area contributed by atoms with E-state index >= 15 is 0 Å². The number of nitrogens with one attached hydrogen (secondary N) is 1. The van der Waals surface area contributed by atoms with Crippen LogP contribution in [0.2, 0.25) is 0 Å². The maximum absolute atomic E-state index is 10.3. The van der Waals surface area contributed by atoms with E-state index in [0.717, 1.165) is 10.8 Å². The lowest BCUT2D eigenvalue weighted by Crippen LogP contribution is -2.39. The third-order valence-electron chi connectivity index (χ3n) is 4.55. The average Bonchev–Trinajstić information content (AvgIpc) is 2.70. The number of rotatable bonds is 8. The molecule has 0 aliphatic heterocycles. The molecule has 142 valence electrons. The molecule has 0 heterocycles. The van der Waals surface area contributed by atoms with Crippen LogP contribution in [0.3, 0.4) is 0 Å². The Labute approximate surface area is 158 Å². The number of aromatic hydroxyl groups is 1. The Hall–Kier alpha value is -2.60. The van der Waals surface area contributed by atoms with Gasteiger partial charge in [0.15, 0.2) is 0 Å². The SMILES string of the molecule is C[C@H](NC[C@H](O)COc1ccc2ccccc2c1)[C@@H](O)c1ccc(O)cc1. The molecule has 0 bridgehead atoms. The summed E-state index contributed by atoms with van der Waals surface area (Å²) in [5, 5.41) is 35.2. The Kier molecular flexibility index (Phi) is 6.29. The van der Waals surface area contributed by atoms with Gasteiger partial charge in [0.05, 0.1) is 6.10 Å². The van der Waals surface area contributed by atoms with Crippen LogP contribution in [-0.2, 0) is 0 Å². The second kappa shape index (κ2) is 8.86. The van der Waals surface area contributed by atoms with E-state index in [4.69, 9.17) is 4.74 Å². The molecule has 0 radical (unpaired) electrons. The van der Waals surface area contributed by atoms with Crippen molar-refractivity contribution in [3.8, 4) is 11.5 Å². The van der Waals surface area contributed by atoms with Crippen molar-refractivity contribution in [3.05, 3.63) is 72.3 Å². The van der Waals surface area contributed by atoms with E-state index in [1.54, 1.807) is 12.1 Å². The van der Waals surface area contributed by atoms with Gasteiger partial charge >= 0.3 is 0 Å². The molecular weight excluding hydrogens is 342 g/mol. The molecule has 0 aliphatic carbocycles. The Balaban J connectivity index is 1.47. The van der Waals surface area contributed by atoms with E-state index in [2.05, 4.69) is 5.32 Å². The van der Waals surface area contributed by atoms with Crippen LogP contribution in [0.1, 0.15) is 18.6 Å². The van der Waals surface area contributed by atoms with E-state index in [0.29, 0.717) is 17.9 Å². The Bertz CT molecular complexity index is 866. The summed E-state index contributed by atoms with van der Waals surface area (Å²) in [6.07, 6.45) is -1.44. The van der Waals surface area contributed by atoms with Crippen LogP contribution in [0.5, 0.6) is 11.5 Å². The molecule has 0 aliphatic rings. The highest BCUT2D eigenvalue weighted by Gasteiger charge is 2.17.